The van der Waals surface area contributed by atoms with Crippen LogP contribution >= 0.6 is 0 Å². The summed E-state index contributed by atoms with van der Waals surface area (Å²) in [6.45, 7) is 8.73. The second-order valence-electron chi connectivity index (χ2n) is 8.15. The summed E-state index contributed by atoms with van der Waals surface area (Å²) in [5.41, 5.74) is 10.7. The SMILES string of the molecule is C=C(/C=C1/C=CCC/C1=C/C)c1ccccc1Nc1ccc(CC)cc1-c1ccccc1. The molecule has 0 fully saturated rings. The van der Waals surface area contributed by atoms with Crippen LogP contribution in [0.4, 0.5) is 11.4 Å². The second kappa shape index (κ2) is 10.2. The molecule has 0 bridgehead atoms. The Morgan fingerprint density at radius 2 is 1.75 bits per heavy atom. The fourth-order valence-electron chi connectivity index (χ4n) is 4.21. The maximum absolute atomic E-state index is 4.42. The molecule has 3 aromatic rings. The maximum atomic E-state index is 4.42. The molecule has 160 valence electrons. The minimum Gasteiger partial charge on any atom is -0.355 e. The van der Waals surface area contributed by atoms with Crippen molar-refractivity contribution in [1.82, 2.24) is 0 Å². The molecule has 32 heavy (non-hydrogen) atoms. The first-order valence-corrected chi connectivity index (χ1v) is 11.5. The summed E-state index contributed by atoms with van der Waals surface area (Å²) in [6, 6.07) is 25.7. The molecule has 4 rings (SSSR count). The zero-order valence-electron chi connectivity index (χ0n) is 19.1. The van der Waals surface area contributed by atoms with Crippen LogP contribution in [0.25, 0.3) is 16.7 Å². The van der Waals surface area contributed by atoms with Crippen molar-refractivity contribution in [2.45, 2.75) is 33.1 Å². The standard InChI is InChI=1S/C31H31N/c1-4-24-19-20-31(29(22-24)26-14-7-6-8-15-26)32-30-18-12-11-17-28(30)23(3)21-27-16-10-9-13-25(27)5-2/h5-8,10-12,14-22,32H,3-4,9,13H2,1-2H3/b25-5-,27-21-. The van der Waals surface area contributed by atoms with E-state index in [0.29, 0.717) is 0 Å². The van der Waals surface area contributed by atoms with Crippen LogP contribution in [-0.2, 0) is 6.42 Å². The van der Waals surface area contributed by atoms with Crippen molar-refractivity contribution in [3.63, 3.8) is 0 Å². The lowest BCUT2D eigenvalue weighted by Crippen LogP contribution is -1.99. The maximum Gasteiger partial charge on any atom is 0.0464 e. The highest BCUT2D eigenvalue weighted by molar-refractivity contribution is 5.88. The number of para-hydroxylation sites is 1. The van der Waals surface area contributed by atoms with Gasteiger partial charge in [-0.05, 0) is 78.3 Å². The number of anilines is 2. The zero-order chi connectivity index (χ0) is 22.3. The summed E-state index contributed by atoms with van der Waals surface area (Å²) in [4.78, 5) is 0. The van der Waals surface area contributed by atoms with Gasteiger partial charge >= 0.3 is 0 Å². The molecule has 1 aliphatic carbocycles. The monoisotopic (exact) mass is 417 g/mol. The van der Waals surface area contributed by atoms with Gasteiger partial charge in [0.1, 0.15) is 0 Å². The van der Waals surface area contributed by atoms with Crippen molar-refractivity contribution >= 4 is 16.9 Å². The van der Waals surface area contributed by atoms with Crippen LogP contribution in [-0.4, -0.2) is 0 Å². The highest BCUT2D eigenvalue weighted by Crippen LogP contribution is 2.35. The molecule has 1 aliphatic rings. The van der Waals surface area contributed by atoms with E-state index in [1.165, 1.54) is 27.8 Å². The second-order valence-corrected chi connectivity index (χ2v) is 8.15. The van der Waals surface area contributed by atoms with Crippen LogP contribution in [0.1, 0.15) is 37.8 Å². The van der Waals surface area contributed by atoms with Crippen molar-refractivity contribution in [2.24, 2.45) is 0 Å². The van der Waals surface area contributed by atoms with Gasteiger partial charge in [0, 0.05) is 22.5 Å². The minimum absolute atomic E-state index is 1.01. The normalized spacial score (nSPS) is 15.8. The summed E-state index contributed by atoms with van der Waals surface area (Å²) in [7, 11) is 0. The number of allylic oxidation sites excluding steroid dienone is 7. The van der Waals surface area contributed by atoms with Crippen LogP contribution in [0.15, 0.2) is 115 Å². The quantitative estimate of drug-likeness (QED) is 0.422. The molecule has 0 saturated heterocycles. The first-order valence-electron chi connectivity index (χ1n) is 11.5. The van der Waals surface area contributed by atoms with Crippen LogP contribution in [0.5, 0.6) is 0 Å². The highest BCUT2D eigenvalue weighted by atomic mass is 14.9. The summed E-state index contributed by atoms with van der Waals surface area (Å²) in [5, 5.41) is 3.71. The van der Waals surface area contributed by atoms with Crippen molar-refractivity contribution < 1.29 is 0 Å². The lowest BCUT2D eigenvalue weighted by atomic mass is 9.92. The van der Waals surface area contributed by atoms with Crippen LogP contribution in [0.2, 0.25) is 0 Å². The lowest BCUT2D eigenvalue weighted by Gasteiger charge is -2.18. The first kappa shape index (κ1) is 21.6. The van der Waals surface area contributed by atoms with E-state index < -0.39 is 0 Å². The van der Waals surface area contributed by atoms with Crippen molar-refractivity contribution in [3.05, 3.63) is 126 Å². The highest BCUT2D eigenvalue weighted by Gasteiger charge is 2.12. The van der Waals surface area contributed by atoms with Crippen LogP contribution in [0, 0.1) is 0 Å². The summed E-state index contributed by atoms with van der Waals surface area (Å²) >= 11 is 0. The molecule has 0 radical (unpaired) electrons. The number of aryl methyl sites for hydroxylation is 1. The van der Waals surface area contributed by atoms with Gasteiger partial charge in [-0.3, -0.25) is 0 Å². The number of rotatable bonds is 6. The predicted octanol–water partition coefficient (Wildman–Crippen LogP) is 8.90. The van der Waals surface area contributed by atoms with Gasteiger partial charge in [-0.15, -0.1) is 0 Å². The van der Waals surface area contributed by atoms with Crippen molar-refractivity contribution in [1.29, 1.82) is 0 Å². The Balaban J connectivity index is 1.71. The largest absolute Gasteiger partial charge is 0.355 e. The molecule has 0 saturated carbocycles. The van der Waals surface area contributed by atoms with Gasteiger partial charge in [0.2, 0.25) is 0 Å². The van der Waals surface area contributed by atoms with E-state index in [1.54, 1.807) is 0 Å². The third-order valence-corrected chi connectivity index (χ3v) is 6.05. The molecular formula is C31H31N. The predicted molar refractivity (Wildman–Crippen MR) is 140 cm³/mol. The summed E-state index contributed by atoms with van der Waals surface area (Å²) < 4.78 is 0. The van der Waals surface area contributed by atoms with E-state index in [2.05, 4.69) is 123 Å². The zero-order valence-corrected chi connectivity index (χ0v) is 19.1. The van der Waals surface area contributed by atoms with E-state index in [0.717, 1.165) is 41.8 Å². The topological polar surface area (TPSA) is 12.0 Å². The Kier molecular flexibility index (Phi) is 6.87. The fourth-order valence-corrected chi connectivity index (χ4v) is 4.21. The summed E-state index contributed by atoms with van der Waals surface area (Å²) in [6.07, 6.45) is 12.1. The van der Waals surface area contributed by atoms with Crippen LogP contribution in [0.3, 0.4) is 0 Å². The third kappa shape index (κ3) is 4.84. The Labute approximate surface area is 192 Å². The van der Waals surface area contributed by atoms with Gasteiger partial charge < -0.3 is 5.32 Å². The minimum atomic E-state index is 1.01. The molecule has 0 aliphatic heterocycles. The van der Waals surface area contributed by atoms with Gasteiger partial charge in [0.25, 0.3) is 0 Å². The molecule has 0 spiro atoms. The number of hydrogen-bond donors (Lipinski definition) is 1. The van der Waals surface area contributed by atoms with Gasteiger partial charge in [0.15, 0.2) is 0 Å². The molecule has 1 N–H and O–H groups in total. The van der Waals surface area contributed by atoms with Gasteiger partial charge in [-0.1, -0.05) is 86.3 Å². The molecule has 0 heterocycles. The van der Waals surface area contributed by atoms with E-state index >= 15 is 0 Å². The van der Waals surface area contributed by atoms with E-state index in [4.69, 9.17) is 0 Å². The smallest absolute Gasteiger partial charge is 0.0464 e. The van der Waals surface area contributed by atoms with E-state index in [9.17, 15) is 0 Å². The molecule has 0 amide bonds. The average Bonchev–Trinajstić information content (AvgIpc) is 2.85. The molecule has 0 unspecified atom stereocenters. The first-order chi connectivity index (χ1) is 15.7. The average molecular weight is 418 g/mol. The van der Waals surface area contributed by atoms with Crippen molar-refractivity contribution in [2.75, 3.05) is 5.32 Å². The Morgan fingerprint density at radius 3 is 2.53 bits per heavy atom. The molecule has 1 heteroatoms. The van der Waals surface area contributed by atoms with Gasteiger partial charge in [-0.2, -0.15) is 0 Å². The molecule has 3 aromatic carbocycles. The van der Waals surface area contributed by atoms with Gasteiger partial charge in [0.05, 0.1) is 0 Å². The Hall–Kier alpha value is -3.58. The van der Waals surface area contributed by atoms with Crippen LogP contribution < -0.4 is 5.32 Å². The molecular weight excluding hydrogens is 386 g/mol. The number of hydrogen-bond acceptors (Lipinski definition) is 1. The number of benzene rings is 3. The molecule has 1 nitrogen and oxygen atoms in total. The van der Waals surface area contributed by atoms with E-state index in [1.807, 2.05) is 0 Å². The lowest BCUT2D eigenvalue weighted by molar-refractivity contribution is 0.965. The molecule has 0 atom stereocenters. The van der Waals surface area contributed by atoms with Gasteiger partial charge in [-0.25, -0.2) is 0 Å². The van der Waals surface area contributed by atoms with E-state index in [-0.39, 0.29) is 0 Å². The summed E-state index contributed by atoms with van der Waals surface area (Å²) in [5.74, 6) is 0. The Bertz CT molecular complexity index is 1190. The Morgan fingerprint density at radius 1 is 0.969 bits per heavy atom. The third-order valence-electron chi connectivity index (χ3n) is 6.05. The fraction of sp³-hybridized carbons (Fsp3) is 0.161. The molecule has 0 aromatic heterocycles. The number of nitrogens with one attached hydrogen (secondary N) is 1. The van der Waals surface area contributed by atoms with Crippen molar-refractivity contribution in [3.8, 4) is 11.1 Å².